The average Bonchev–Trinajstić information content (AvgIpc) is 2.26. The van der Waals surface area contributed by atoms with Crippen LogP contribution in [0.15, 0.2) is 12.1 Å². The molecule has 0 radical (unpaired) electrons. The number of benzene rings is 1. The van der Waals surface area contributed by atoms with E-state index >= 15 is 0 Å². The molecule has 3 nitrogen and oxygen atoms in total. The van der Waals surface area contributed by atoms with E-state index in [-0.39, 0.29) is 5.41 Å². The van der Waals surface area contributed by atoms with Gasteiger partial charge in [-0.05, 0) is 50.0 Å². The van der Waals surface area contributed by atoms with E-state index in [2.05, 4.69) is 64.1 Å². The second-order valence-electron chi connectivity index (χ2n) is 6.77. The highest BCUT2D eigenvalue weighted by molar-refractivity contribution is 5.43. The third kappa shape index (κ3) is 5.14. The minimum atomic E-state index is 0.278. The molecule has 0 saturated heterocycles. The van der Waals surface area contributed by atoms with Crippen molar-refractivity contribution in [1.82, 2.24) is 10.2 Å². The van der Waals surface area contributed by atoms with Gasteiger partial charge in [0.1, 0.15) is 5.75 Å². The number of rotatable bonds is 7. The lowest BCUT2D eigenvalue weighted by Gasteiger charge is -2.28. The van der Waals surface area contributed by atoms with Gasteiger partial charge in [-0.25, -0.2) is 0 Å². The van der Waals surface area contributed by atoms with Gasteiger partial charge in [0, 0.05) is 19.6 Å². The van der Waals surface area contributed by atoms with Crippen molar-refractivity contribution in [1.29, 1.82) is 0 Å². The molecule has 1 rings (SSSR count). The Morgan fingerprint density at radius 2 is 1.70 bits per heavy atom. The molecule has 0 fully saturated rings. The number of nitrogens with one attached hydrogen (secondary N) is 1. The van der Waals surface area contributed by atoms with Crippen LogP contribution in [-0.2, 0) is 6.54 Å². The van der Waals surface area contributed by atoms with Crippen molar-refractivity contribution >= 4 is 0 Å². The largest absolute Gasteiger partial charge is 0.496 e. The molecule has 0 unspecified atom stereocenters. The van der Waals surface area contributed by atoms with Gasteiger partial charge in [0.05, 0.1) is 7.11 Å². The van der Waals surface area contributed by atoms with Crippen LogP contribution < -0.4 is 10.1 Å². The smallest absolute Gasteiger partial charge is 0.124 e. The number of ether oxygens (including phenoxy) is 1. The molecule has 114 valence electrons. The van der Waals surface area contributed by atoms with Crippen LogP contribution >= 0.6 is 0 Å². The van der Waals surface area contributed by atoms with Gasteiger partial charge in [-0.3, -0.25) is 0 Å². The maximum absolute atomic E-state index is 5.41. The van der Waals surface area contributed by atoms with Crippen molar-refractivity contribution in [3.05, 3.63) is 28.8 Å². The predicted molar refractivity (Wildman–Crippen MR) is 86.5 cm³/mol. The number of hydrogen-bond acceptors (Lipinski definition) is 3. The van der Waals surface area contributed by atoms with Crippen LogP contribution in [0.5, 0.6) is 5.75 Å². The Bertz CT molecular complexity index is 416. The van der Waals surface area contributed by atoms with Gasteiger partial charge >= 0.3 is 0 Å². The first-order valence-electron chi connectivity index (χ1n) is 7.25. The summed E-state index contributed by atoms with van der Waals surface area (Å²) in [7, 11) is 5.98. The van der Waals surface area contributed by atoms with Gasteiger partial charge in [0.25, 0.3) is 0 Å². The van der Waals surface area contributed by atoms with E-state index in [0.29, 0.717) is 0 Å². The van der Waals surface area contributed by atoms with E-state index in [1.807, 2.05) is 0 Å². The fourth-order valence-electron chi connectivity index (χ4n) is 2.92. The Hall–Kier alpha value is -1.06. The molecule has 0 aliphatic heterocycles. The SMILES string of the molecule is COc1c(C)cc(CNCC(C)(C)CN(C)C)cc1C. The van der Waals surface area contributed by atoms with Crippen molar-refractivity contribution in [2.45, 2.75) is 34.2 Å². The highest BCUT2D eigenvalue weighted by atomic mass is 16.5. The van der Waals surface area contributed by atoms with Crippen LogP contribution in [0.1, 0.15) is 30.5 Å². The highest BCUT2D eigenvalue weighted by Crippen LogP contribution is 2.24. The average molecular weight is 278 g/mol. The molecule has 0 heterocycles. The number of aryl methyl sites for hydroxylation is 2. The zero-order chi connectivity index (χ0) is 15.3. The maximum atomic E-state index is 5.41. The molecule has 0 spiro atoms. The van der Waals surface area contributed by atoms with E-state index in [0.717, 1.165) is 25.4 Å². The van der Waals surface area contributed by atoms with E-state index in [1.165, 1.54) is 16.7 Å². The molecule has 0 saturated carbocycles. The maximum Gasteiger partial charge on any atom is 0.124 e. The fourth-order valence-corrected chi connectivity index (χ4v) is 2.92. The van der Waals surface area contributed by atoms with Crippen molar-refractivity contribution in [2.75, 3.05) is 34.3 Å². The Balaban J connectivity index is 2.59. The van der Waals surface area contributed by atoms with E-state index in [9.17, 15) is 0 Å². The minimum Gasteiger partial charge on any atom is -0.496 e. The van der Waals surface area contributed by atoms with Crippen LogP contribution in [0.25, 0.3) is 0 Å². The van der Waals surface area contributed by atoms with Crippen LogP contribution in [0.3, 0.4) is 0 Å². The normalized spacial score (nSPS) is 12.0. The molecule has 0 aliphatic rings. The van der Waals surface area contributed by atoms with Gasteiger partial charge in [-0.15, -0.1) is 0 Å². The topological polar surface area (TPSA) is 24.5 Å². The second kappa shape index (κ2) is 7.09. The number of nitrogens with zero attached hydrogens (tertiary/aromatic N) is 1. The van der Waals surface area contributed by atoms with E-state index in [4.69, 9.17) is 4.74 Å². The molecular weight excluding hydrogens is 248 g/mol. The van der Waals surface area contributed by atoms with Gasteiger partial charge in [0.2, 0.25) is 0 Å². The molecule has 1 aromatic rings. The van der Waals surface area contributed by atoms with Crippen molar-refractivity contribution in [3.63, 3.8) is 0 Å². The van der Waals surface area contributed by atoms with Gasteiger partial charge in [0.15, 0.2) is 0 Å². The molecule has 1 aromatic carbocycles. The Labute approximate surface area is 124 Å². The lowest BCUT2D eigenvalue weighted by molar-refractivity contribution is 0.232. The summed E-state index contributed by atoms with van der Waals surface area (Å²) >= 11 is 0. The summed E-state index contributed by atoms with van der Waals surface area (Å²) in [5.41, 5.74) is 4.01. The molecule has 1 N–H and O–H groups in total. The lowest BCUT2D eigenvalue weighted by Crippen LogP contribution is -2.37. The molecule has 0 bridgehead atoms. The van der Waals surface area contributed by atoms with E-state index in [1.54, 1.807) is 7.11 Å². The summed E-state index contributed by atoms with van der Waals surface area (Å²) in [5, 5.41) is 3.57. The molecule has 20 heavy (non-hydrogen) atoms. The predicted octanol–water partition coefficient (Wildman–Crippen LogP) is 2.99. The third-order valence-corrected chi connectivity index (χ3v) is 3.40. The zero-order valence-electron chi connectivity index (χ0n) is 14.1. The molecule has 0 aromatic heterocycles. The van der Waals surface area contributed by atoms with Gasteiger partial charge in [-0.1, -0.05) is 26.0 Å². The van der Waals surface area contributed by atoms with Crippen molar-refractivity contribution < 1.29 is 4.74 Å². The zero-order valence-corrected chi connectivity index (χ0v) is 14.1. The summed E-state index contributed by atoms with van der Waals surface area (Å²) in [6.07, 6.45) is 0. The monoisotopic (exact) mass is 278 g/mol. The number of hydrogen-bond donors (Lipinski definition) is 1. The first-order chi connectivity index (χ1) is 9.25. The summed E-state index contributed by atoms with van der Waals surface area (Å²) in [5.74, 6) is 1.00. The molecule has 0 atom stereocenters. The summed E-state index contributed by atoms with van der Waals surface area (Å²) in [4.78, 5) is 2.24. The van der Waals surface area contributed by atoms with Gasteiger partial charge in [-0.2, -0.15) is 0 Å². The number of methoxy groups -OCH3 is 1. The van der Waals surface area contributed by atoms with Gasteiger partial charge < -0.3 is 15.0 Å². The van der Waals surface area contributed by atoms with E-state index < -0.39 is 0 Å². The lowest BCUT2D eigenvalue weighted by atomic mass is 9.93. The molecule has 0 aliphatic carbocycles. The van der Waals surface area contributed by atoms with Crippen molar-refractivity contribution in [3.8, 4) is 5.75 Å². The second-order valence-corrected chi connectivity index (χ2v) is 6.77. The standard InChI is InChI=1S/C17H30N2O/c1-13-8-15(9-14(2)16(13)20-7)10-18-11-17(3,4)12-19(5)6/h8-9,18H,10-12H2,1-7H3. The minimum absolute atomic E-state index is 0.278. The van der Waals surface area contributed by atoms with Crippen LogP contribution in [0, 0.1) is 19.3 Å². The fraction of sp³-hybridized carbons (Fsp3) is 0.647. The highest BCUT2D eigenvalue weighted by Gasteiger charge is 2.18. The van der Waals surface area contributed by atoms with Crippen LogP contribution in [-0.4, -0.2) is 39.2 Å². The molecule has 3 heteroatoms. The van der Waals surface area contributed by atoms with Crippen LogP contribution in [0.2, 0.25) is 0 Å². The molecular formula is C17H30N2O. The quantitative estimate of drug-likeness (QED) is 0.830. The summed E-state index contributed by atoms with van der Waals surface area (Å²) < 4.78 is 5.41. The summed E-state index contributed by atoms with van der Waals surface area (Å²) in [6, 6.07) is 4.41. The van der Waals surface area contributed by atoms with Crippen molar-refractivity contribution in [2.24, 2.45) is 5.41 Å². The Kier molecular flexibility index (Phi) is 6.03. The Morgan fingerprint density at radius 1 is 1.15 bits per heavy atom. The Morgan fingerprint density at radius 3 is 2.15 bits per heavy atom. The third-order valence-electron chi connectivity index (χ3n) is 3.40. The van der Waals surface area contributed by atoms with Crippen LogP contribution in [0.4, 0.5) is 0 Å². The first-order valence-corrected chi connectivity index (χ1v) is 7.25. The summed E-state index contributed by atoms with van der Waals surface area (Å²) in [6.45, 7) is 11.8. The first kappa shape index (κ1) is 17.0. The molecule has 0 amide bonds.